The van der Waals surface area contributed by atoms with E-state index < -0.39 is 10.0 Å². The van der Waals surface area contributed by atoms with Crippen molar-refractivity contribution >= 4 is 21.2 Å². The predicted molar refractivity (Wildman–Crippen MR) is 110 cm³/mol. The normalized spacial score (nSPS) is 18.8. The Hall–Kier alpha value is -2.25. The van der Waals surface area contributed by atoms with Gasteiger partial charge in [-0.15, -0.1) is 0 Å². The Labute approximate surface area is 166 Å². The smallest absolute Gasteiger partial charge is 0.243 e. The first-order chi connectivity index (χ1) is 13.4. The lowest BCUT2D eigenvalue weighted by Gasteiger charge is -2.32. The number of hydrogen-bond donors (Lipinski definition) is 0. The molecular weight excluding hydrogens is 372 g/mol. The first-order valence-electron chi connectivity index (χ1n) is 9.81. The molecule has 7 heteroatoms. The van der Waals surface area contributed by atoms with E-state index in [-0.39, 0.29) is 5.92 Å². The maximum absolute atomic E-state index is 13.1. The van der Waals surface area contributed by atoms with Crippen LogP contribution in [0.3, 0.4) is 0 Å². The lowest BCUT2D eigenvalue weighted by molar-refractivity contribution is 0.246. The van der Waals surface area contributed by atoms with Gasteiger partial charge in [-0.2, -0.15) is 4.31 Å². The summed E-state index contributed by atoms with van der Waals surface area (Å²) in [7, 11) is -3.47. The number of benzene rings is 1. The van der Waals surface area contributed by atoms with Crippen LogP contribution in [0.2, 0.25) is 0 Å². The average molecular weight is 399 g/mol. The number of imidazole rings is 1. The van der Waals surface area contributed by atoms with Crippen LogP contribution < -0.4 is 0 Å². The van der Waals surface area contributed by atoms with Crippen molar-refractivity contribution < 1.29 is 8.42 Å². The second-order valence-electron chi connectivity index (χ2n) is 7.84. The van der Waals surface area contributed by atoms with E-state index in [0.717, 1.165) is 36.1 Å². The van der Waals surface area contributed by atoms with Crippen molar-refractivity contribution in [1.29, 1.82) is 0 Å². The summed E-state index contributed by atoms with van der Waals surface area (Å²) in [5.41, 5.74) is 2.87. The van der Waals surface area contributed by atoms with Gasteiger partial charge < -0.3 is 4.57 Å². The third kappa shape index (κ3) is 3.69. The summed E-state index contributed by atoms with van der Waals surface area (Å²) in [6.07, 6.45) is 5.44. The molecular formula is C21H26N4O2S. The monoisotopic (exact) mass is 398 g/mol. The van der Waals surface area contributed by atoms with Gasteiger partial charge in [0.15, 0.2) is 5.65 Å². The summed E-state index contributed by atoms with van der Waals surface area (Å²) < 4.78 is 29.9. The zero-order valence-electron chi connectivity index (χ0n) is 16.3. The third-order valence-electron chi connectivity index (χ3n) is 5.50. The molecule has 1 fully saturated rings. The molecule has 4 rings (SSSR count). The van der Waals surface area contributed by atoms with Crippen molar-refractivity contribution in [2.75, 3.05) is 13.1 Å². The molecule has 6 nitrogen and oxygen atoms in total. The topological polar surface area (TPSA) is 68.1 Å². The molecule has 0 aliphatic carbocycles. The minimum absolute atomic E-state index is 0.248. The number of pyridine rings is 1. The lowest BCUT2D eigenvalue weighted by Crippen LogP contribution is -2.41. The number of sulfonamides is 1. The number of aromatic nitrogens is 3. The van der Waals surface area contributed by atoms with Crippen molar-refractivity contribution in [3.05, 3.63) is 54.5 Å². The molecule has 28 heavy (non-hydrogen) atoms. The molecule has 0 radical (unpaired) electrons. The van der Waals surface area contributed by atoms with Crippen LogP contribution in [-0.4, -0.2) is 40.3 Å². The number of rotatable bonds is 5. The van der Waals surface area contributed by atoms with Crippen LogP contribution in [0.1, 0.15) is 38.2 Å². The minimum Gasteiger partial charge on any atom is -0.315 e. The van der Waals surface area contributed by atoms with E-state index in [1.807, 2.05) is 28.8 Å². The fraction of sp³-hybridized carbons (Fsp3) is 0.429. The van der Waals surface area contributed by atoms with Gasteiger partial charge in [0.05, 0.1) is 11.2 Å². The lowest BCUT2D eigenvalue weighted by atomic mass is 10.00. The standard InChI is InChI=1S/C21H26N4O2S/c1-16(2)18-7-9-19(10-8-18)28(26,27)25-12-4-5-17(14-25)13-24-15-23-20-6-3-11-22-21(20)24/h3,6-11,15-17H,4-5,12-14H2,1-2H3. The highest BCUT2D eigenvalue weighted by Crippen LogP contribution is 2.26. The van der Waals surface area contributed by atoms with Crippen molar-refractivity contribution in [1.82, 2.24) is 18.8 Å². The zero-order chi connectivity index (χ0) is 19.7. The highest BCUT2D eigenvalue weighted by atomic mass is 32.2. The van der Waals surface area contributed by atoms with Crippen LogP contribution in [0.25, 0.3) is 11.2 Å². The summed E-state index contributed by atoms with van der Waals surface area (Å²) >= 11 is 0. The molecule has 1 atom stereocenters. The summed E-state index contributed by atoms with van der Waals surface area (Å²) in [6.45, 7) is 6.04. The molecule has 3 aromatic rings. The predicted octanol–water partition coefficient (Wildman–Crippen LogP) is 3.66. The molecule has 1 saturated heterocycles. The summed E-state index contributed by atoms with van der Waals surface area (Å²) in [4.78, 5) is 9.19. The van der Waals surface area contributed by atoms with Gasteiger partial charge in [0.25, 0.3) is 0 Å². The molecule has 0 saturated carbocycles. The second kappa shape index (κ2) is 7.64. The number of piperidine rings is 1. The molecule has 148 valence electrons. The molecule has 1 aromatic carbocycles. The summed E-state index contributed by atoms with van der Waals surface area (Å²) in [6, 6.07) is 11.1. The molecule has 0 bridgehead atoms. The third-order valence-corrected chi connectivity index (χ3v) is 7.37. The zero-order valence-corrected chi connectivity index (χ0v) is 17.1. The minimum atomic E-state index is -3.47. The largest absolute Gasteiger partial charge is 0.315 e. The van der Waals surface area contributed by atoms with Crippen LogP contribution in [-0.2, 0) is 16.6 Å². The van der Waals surface area contributed by atoms with Crippen LogP contribution in [0.15, 0.2) is 53.8 Å². The van der Waals surface area contributed by atoms with Crippen molar-refractivity contribution in [2.24, 2.45) is 5.92 Å². The Balaban J connectivity index is 1.51. The number of nitrogens with zero attached hydrogens (tertiary/aromatic N) is 4. The summed E-state index contributed by atoms with van der Waals surface area (Å²) in [5, 5.41) is 0. The SMILES string of the molecule is CC(C)c1ccc(S(=O)(=O)N2CCCC(Cn3cnc4cccnc43)C2)cc1. The van der Waals surface area contributed by atoms with E-state index in [1.54, 1.807) is 29.0 Å². The van der Waals surface area contributed by atoms with Crippen LogP contribution >= 0.6 is 0 Å². The van der Waals surface area contributed by atoms with Gasteiger partial charge in [0.2, 0.25) is 10.0 Å². The Morgan fingerprint density at radius 1 is 1.14 bits per heavy atom. The fourth-order valence-electron chi connectivity index (χ4n) is 3.88. The maximum Gasteiger partial charge on any atom is 0.243 e. The van der Waals surface area contributed by atoms with Gasteiger partial charge in [0.1, 0.15) is 5.52 Å². The molecule has 3 heterocycles. The Morgan fingerprint density at radius 2 is 1.93 bits per heavy atom. The number of fused-ring (bicyclic) bond motifs is 1. The first kappa shape index (κ1) is 19.1. The number of hydrogen-bond acceptors (Lipinski definition) is 4. The average Bonchev–Trinajstić information content (AvgIpc) is 3.11. The Bertz CT molecular complexity index is 1060. The van der Waals surface area contributed by atoms with Gasteiger partial charge in [-0.3, -0.25) is 0 Å². The molecule has 0 spiro atoms. The Morgan fingerprint density at radius 3 is 2.68 bits per heavy atom. The molecule has 1 aliphatic rings. The van der Waals surface area contributed by atoms with Crippen molar-refractivity contribution in [2.45, 2.75) is 44.0 Å². The van der Waals surface area contributed by atoms with Crippen LogP contribution in [0.5, 0.6) is 0 Å². The molecule has 1 unspecified atom stereocenters. The highest BCUT2D eigenvalue weighted by Gasteiger charge is 2.30. The van der Waals surface area contributed by atoms with E-state index >= 15 is 0 Å². The van der Waals surface area contributed by atoms with Gasteiger partial charge in [-0.1, -0.05) is 26.0 Å². The van der Waals surface area contributed by atoms with Crippen LogP contribution in [0.4, 0.5) is 0 Å². The molecule has 0 N–H and O–H groups in total. The highest BCUT2D eigenvalue weighted by molar-refractivity contribution is 7.89. The Kier molecular flexibility index (Phi) is 5.21. The van der Waals surface area contributed by atoms with Crippen molar-refractivity contribution in [3.63, 3.8) is 0 Å². The molecule has 0 amide bonds. The van der Waals surface area contributed by atoms with Gasteiger partial charge in [-0.05, 0) is 54.5 Å². The molecule has 1 aliphatic heterocycles. The van der Waals surface area contributed by atoms with E-state index in [4.69, 9.17) is 0 Å². The van der Waals surface area contributed by atoms with Gasteiger partial charge in [0, 0.05) is 25.8 Å². The quantitative estimate of drug-likeness (QED) is 0.658. The van der Waals surface area contributed by atoms with Gasteiger partial charge >= 0.3 is 0 Å². The summed E-state index contributed by atoms with van der Waals surface area (Å²) in [5.74, 6) is 0.632. The molecule has 2 aromatic heterocycles. The first-order valence-corrected chi connectivity index (χ1v) is 11.2. The van der Waals surface area contributed by atoms with E-state index in [9.17, 15) is 8.42 Å². The van der Waals surface area contributed by atoms with Gasteiger partial charge in [-0.25, -0.2) is 18.4 Å². The fourth-order valence-corrected chi connectivity index (χ4v) is 5.43. The van der Waals surface area contributed by atoms with Crippen LogP contribution in [0, 0.1) is 5.92 Å². The van der Waals surface area contributed by atoms with E-state index in [0.29, 0.717) is 23.9 Å². The van der Waals surface area contributed by atoms with E-state index in [1.165, 1.54) is 0 Å². The second-order valence-corrected chi connectivity index (χ2v) is 9.78. The van der Waals surface area contributed by atoms with E-state index in [2.05, 4.69) is 23.8 Å². The van der Waals surface area contributed by atoms with Crippen molar-refractivity contribution in [3.8, 4) is 0 Å². The maximum atomic E-state index is 13.1.